The normalized spacial score (nSPS) is 15.5. The van der Waals surface area contributed by atoms with Crippen LogP contribution in [0, 0.1) is 6.92 Å². The van der Waals surface area contributed by atoms with E-state index >= 15 is 0 Å². The number of nitrogens with zero attached hydrogens (tertiary/aromatic N) is 2. The zero-order valence-corrected chi connectivity index (χ0v) is 20.2. The lowest BCUT2D eigenvalue weighted by Crippen LogP contribution is -2.51. The van der Waals surface area contributed by atoms with E-state index in [4.69, 9.17) is 21.1 Å². The van der Waals surface area contributed by atoms with Gasteiger partial charge in [0.15, 0.2) is 5.78 Å². The average Bonchev–Trinajstić information content (AvgIpc) is 2.73. The molecule has 0 bridgehead atoms. The van der Waals surface area contributed by atoms with Crippen molar-refractivity contribution in [3.8, 4) is 0 Å². The molecule has 0 N–H and O–H groups in total. The Morgan fingerprint density at radius 3 is 2.23 bits per heavy atom. The standard InChI is InChI=1S/C25H35ClN2O3/c1-6-9-15-30-25(5,31-16-10-7-2)28(8-3)21-12-13-23(19(4)17-21)27-20-11-14-24(29)22(26)18-20/h11-14,17-18H,6-10,15-16H2,1-5H3. The molecule has 0 aliphatic heterocycles. The highest BCUT2D eigenvalue weighted by Gasteiger charge is 2.33. The Morgan fingerprint density at radius 1 is 1.06 bits per heavy atom. The van der Waals surface area contributed by atoms with Gasteiger partial charge in [-0.2, -0.15) is 0 Å². The second-order valence-electron chi connectivity index (χ2n) is 7.74. The van der Waals surface area contributed by atoms with Gasteiger partial charge in [-0.05, 0) is 68.7 Å². The van der Waals surface area contributed by atoms with E-state index in [-0.39, 0.29) is 10.8 Å². The van der Waals surface area contributed by atoms with E-state index in [1.54, 1.807) is 12.2 Å². The van der Waals surface area contributed by atoms with Crippen molar-refractivity contribution in [1.29, 1.82) is 0 Å². The minimum atomic E-state index is -0.832. The molecule has 0 unspecified atom stereocenters. The highest BCUT2D eigenvalue weighted by molar-refractivity contribution is 6.47. The Hall–Kier alpha value is -1.95. The Bertz CT molecular complexity index is 835. The van der Waals surface area contributed by atoms with Gasteiger partial charge in [-0.1, -0.05) is 38.3 Å². The lowest BCUT2D eigenvalue weighted by molar-refractivity contribution is -0.225. The summed E-state index contributed by atoms with van der Waals surface area (Å²) in [7, 11) is 0. The molecule has 2 rings (SSSR count). The van der Waals surface area contributed by atoms with Gasteiger partial charge in [0.2, 0.25) is 5.91 Å². The zero-order valence-electron chi connectivity index (χ0n) is 19.4. The smallest absolute Gasteiger partial charge is 0.248 e. The summed E-state index contributed by atoms with van der Waals surface area (Å²) in [6.45, 7) is 12.5. The van der Waals surface area contributed by atoms with E-state index in [0.717, 1.165) is 49.2 Å². The summed E-state index contributed by atoms with van der Waals surface area (Å²) in [5.41, 5.74) is 3.52. The molecule has 1 aromatic rings. The van der Waals surface area contributed by atoms with Crippen molar-refractivity contribution in [1.82, 2.24) is 0 Å². The summed E-state index contributed by atoms with van der Waals surface area (Å²) in [6.07, 6.45) is 8.84. The van der Waals surface area contributed by atoms with Crippen LogP contribution in [0.15, 0.2) is 46.5 Å². The molecule has 31 heavy (non-hydrogen) atoms. The Morgan fingerprint density at radius 2 is 1.71 bits per heavy atom. The van der Waals surface area contributed by atoms with Crippen LogP contribution in [-0.4, -0.2) is 37.2 Å². The van der Waals surface area contributed by atoms with E-state index in [2.05, 4.69) is 36.7 Å². The molecule has 0 fully saturated rings. The number of allylic oxidation sites excluding steroid dienone is 4. The molecule has 5 nitrogen and oxygen atoms in total. The topological polar surface area (TPSA) is 51.1 Å². The first-order valence-electron chi connectivity index (χ1n) is 11.2. The van der Waals surface area contributed by atoms with Crippen LogP contribution in [0.4, 0.5) is 11.4 Å². The van der Waals surface area contributed by atoms with Gasteiger partial charge in [0, 0.05) is 19.2 Å². The fraction of sp³-hybridized carbons (Fsp3) is 0.520. The Kier molecular flexibility index (Phi) is 9.94. The number of anilines is 1. The summed E-state index contributed by atoms with van der Waals surface area (Å²) >= 11 is 5.95. The molecule has 0 heterocycles. The van der Waals surface area contributed by atoms with Gasteiger partial charge in [-0.25, -0.2) is 4.99 Å². The number of carbonyl (C=O) groups excluding carboxylic acids is 1. The van der Waals surface area contributed by atoms with E-state index in [1.807, 2.05) is 26.0 Å². The highest BCUT2D eigenvalue weighted by atomic mass is 35.5. The Labute approximate surface area is 191 Å². The number of hydrogen-bond donors (Lipinski definition) is 0. The van der Waals surface area contributed by atoms with Crippen molar-refractivity contribution in [2.75, 3.05) is 24.7 Å². The predicted molar refractivity (Wildman–Crippen MR) is 130 cm³/mol. The number of ketones is 1. The molecule has 1 aliphatic carbocycles. The SMILES string of the molecule is CCCCOC(C)(OCCCC)N(CC)c1ccc(N=C2C=CC(=O)C(Cl)=C2)c(C)c1. The number of halogens is 1. The molecule has 0 aromatic heterocycles. The summed E-state index contributed by atoms with van der Waals surface area (Å²) in [4.78, 5) is 18.3. The molecule has 1 aromatic carbocycles. The minimum Gasteiger partial charge on any atom is -0.333 e. The quantitative estimate of drug-likeness (QED) is 0.210. The van der Waals surface area contributed by atoms with Gasteiger partial charge in [-0.3, -0.25) is 4.79 Å². The maximum atomic E-state index is 11.5. The monoisotopic (exact) mass is 446 g/mol. The molecule has 6 heteroatoms. The molecule has 0 radical (unpaired) electrons. The summed E-state index contributed by atoms with van der Waals surface area (Å²) in [6, 6.07) is 6.10. The molecule has 0 spiro atoms. The second-order valence-corrected chi connectivity index (χ2v) is 8.15. The summed E-state index contributed by atoms with van der Waals surface area (Å²) in [5.74, 6) is -1.03. The van der Waals surface area contributed by atoms with Crippen molar-refractivity contribution in [3.05, 3.63) is 47.0 Å². The number of ether oxygens (including phenoxy) is 2. The van der Waals surface area contributed by atoms with Gasteiger partial charge < -0.3 is 14.4 Å². The van der Waals surface area contributed by atoms with Crippen molar-refractivity contribution in [2.45, 2.75) is 66.2 Å². The fourth-order valence-electron chi connectivity index (χ4n) is 3.34. The third-order valence-electron chi connectivity index (χ3n) is 5.20. The van der Waals surface area contributed by atoms with Crippen LogP contribution < -0.4 is 4.90 Å². The van der Waals surface area contributed by atoms with Crippen molar-refractivity contribution in [2.24, 2.45) is 4.99 Å². The number of benzene rings is 1. The number of carbonyl (C=O) groups is 1. The number of unbranched alkanes of at least 4 members (excludes halogenated alkanes) is 2. The summed E-state index contributed by atoms with van der Waals surface area (Å²) in [5, 5.41) is 0.178. The Balaban J connectivity index is 2.29. The van der Waals surface area contributed by atoms with Gasteiger partial charge in [-0.15, -0.1) is 0 Å². The molecule has 0 atom stereocenters. The highest BCUT2D eigenvalue weighted by Crippen LogP contribution is 2.31. The number of hydrogen-bond acceptors (Lipinski definition) is 5. The largest absolute Gasteiger partial charge is 0.333 e. The van der Waals surface area contributed by atoms with Crippen molar-refractivity contribution >= 4 is 34.5 Å². The zero-order chi connectivity index (χ0) is 22.9. The lowest BCUT2D eigenvalue weighted by Gasteiger charge is -2.41. The van der Waals surface area contributed by atoms with Gasteiger partial charge in [0.1, 0.15) is 0 Å². The third kappa shape index (κ3) is 7.03. The third-order valence-corrected chi connectivity index (χ3v) is 5.49. The lowest BCUT2D eigenvalue weighted by atomic mass is 10.1. The predicted octanol–water partition coefficient (Wildman–Crippen LogP) is 6.46. The molecule has 0 saturated heterocycles. The minimum absolute atomic E-state index is 0.178. The molecular weight excluding hydrogens is 412 g/mol. The van der Waals surface area contributed by atoms with Crippen LogP contribution in [-0.2, 0) is 14.3 Å². The van der Waals surface area contributed by atoms with E-state index in [1.165, 1.54) is 6.08 Å². The van der Waals surface area contributed by atoms with Gasteiger partial charge in [0.25, 0.3) is 0 Å². The maximum Gasteiger partial charge on any atom is 0.248 e. The van der Waals surface area contributed by atoms with Crippen LogP contribution in [0.25, 0.3) is 0 Å². The van der Waals surface area contributed by atoms with Crippen LogP contribution in [0.5, 0.6) is 0 Å². The van der Waals surface area contributed by atoms with Crippen LogP contribution >= 0.6 is 11.6 Å². The first-order chi connectivity index (χ1) is 14.8. The van der Waals surface area contributed by atoms with Gasteiger partial charge >= 0.3 is 0 Å². The van der Waals surface area contributed by atoms with E-state index in [0.29, 0.717) is 18.9 Å². The first kappa shape index (κ1) is 25.3. The van der Waals surface area contributed by atoms with Crippen LogP contribution in [0.3, 0.4) is 0 Å². The van der Waals surface area contributed by atoms with Gasteiger partial charge in [0.05, 0.1) is 29.6 Å². The number of aryl methyl sites for hydroxylation is 1. The molecule has 170 valence electrons. The molecule has 0 amide bonds. The number of aliphatic imine (C=N–C) groups is 1. The van der Waals surface area contributed by atoms with Crippen LogP contribution in [0.2, 0.25) is 0 Å². The summed E-state index contributed by atoms with van der Waals surface area (Å²) < 4.78 is 12.5. The molecule has 0 saturated carbocycles. The maximum absolute atomic E-state index is 11.5. The molecular formula is C25H35ClN2O3. The van der Waals surface area contributed by atoms with Crippen molar-refractivity contribution < 1.29 is 14.3 Å². The second kappa shape index (κ2) is 12.2. The van der Waals surface area contributed by atoms with E-state index in [9.17, 15) is 4.79 Å². The number of rotatable bonds is 12. The van der Waals surface area contributed by atoms with Crippen LogP contribution in [0.1, 0.15) is 58.9 Å². The first-order valence-corrected chi connectivity index (χ1v) is 11.6. The average molecular weight is 447 g/mol. The fourth-order valence-corrected chi connectivity index (χ4v) is 3.52. The van der Waals surface area contributed by atoms with E-state index < -0.39 is 5.91 Å². The molecule has 1 aliphatic rings. The van der Waals surface area contributed by atoms with Crippen molar-refractivity contribution in [3.63, 3.8) is 0 Å².